The third kappa shape index (κ3) is 2.42. The summed E-state index contributed by atoms with van der Waals surface area (Å²) in [4.78, 5) is 14.0. The summed E-state index contributed by atoms with van der Waals surface area (Å²) >= 11 is 0. The molecule has 1 heterocycles. The maximum atomic E-state index is 11.7. The fourth-order valence-electron chi connectivity index (χ4n) is 4.02. The van der Waals surface area contributed by atoms with Crippen molar-refractivity contribution in [3.05, 3.63) is 0 Å². The van der Waals surface area contributed by atoms with E-state index in [2.05, 4.69) is 18.7 Å². The molecule has 3 nitrogen and oxygen atoms in total. The van der Waals surface area contributed by atoms with E-state index < -0.39 is 11.5 Å². The average Bonchev–Trinajstić information content (AvgIpc) is 2.30. The molecular weight excluding hydrogens is 226 g/mol. The van der Waals surface area contributed by atoms with Crippen molar-refractivity contribution in [1.82, 2.24) is 4.90 Å². The first kappa shape index (κ1) is 13.9. The van der Waals surface area contributed by atoms with Crippen molar-refractivity contribution >= 4 is 5.97 Å². The summed E-state index contributed by atoms with van der Waals surface area (Å²) in [5, 5.41) is 9.60. The van der Waals surface area contributed by atoms with Crippen LogP contribution in [0, 0.1) is 11.8 Å². The first-order chi connectivity index (χ1) is 8.45. The van der Waals surface area contributed by atoms with Crippen LogP contribution in [0.3, 0.4) is 0 Å². The third-order valence-electron chi connectivity index (χ3n) is 5.19. The quantitative estimate of drug-likeness (QED) is 0.822. The molecule has 0 bridgehead atoms. The molecule has 4 atom stereocenters. The SMILES string of the molecule is CC1CCC(N2CCCCC2(C)C(=O)O)C(C)C1. The van der Waals surface area contributed by atoms with E-state index in [0.717, 1.165) is 31.7 Å². The summed E-state index contributed by atoms with van der Waals surface area (Å²) in [6.45, 7) is 7.52. The Bertz CT molecular complexity index is 318. The molecule has 4 unspecified atom stereocenters. The highest BCUT2D eigenvalue weighted by atomic mass is 16.4. The van der Waals surface area contributed by atoms with Gasteiger partial charge < -0.3 is 5.11 Å². The van der Waals surface area contributed by atoms with E-state index in [1.54, 1.807) is 0 Å². The number of hydrogen-bond acceptors (Lipinski definition) is 2. The van der Waals surface area contributed by atoms with E-state index in [0.29, 0.717) is 12.0 Å². The molecule has 104 valence electrons. The van der Waals surface area contributed by atoms with Crippen LogP contribution in [0.15, 0.2) is 0 Å². The van der Waals surface area contributed by atoms with Crippen molar-refractivity contribution in [3.8, 4) is 0 Å². The maximum Gasteiger partial charge on any atom is 0.323 e. The zero-order chi connectivity index (χ0) is 13.3. The molecule has 0 aromatic rings. The van der Waals surface area contributed by atoms with Crippen molar-refractivity contribution < 1.29 is 9.90 Å². The molecule has 2 rings (SSSR count). The van der Waals surface area contributed by atoms with Crippen LogP contribution >= 0.6 is 0 Å². The Morgan fingerprint density at radius 1 is 1.28 bits per heavy atom. The van der Waals surface area contributed by atoms with E-state index in [-0.39, 0.29) is 0 Å². The number of likely N-dealkylation sites (tertiary alicyclic amines) is 1. The van der Waals surface area contributed by atoms with Gasteiger partial charge in [-0.25, -0.2) is 0 Å². The molecule has 1 saturated heterocycles. The zero-order valence-corrected chi connectivity index (χ0v) is 12.0. The molecule has 0 aromatic carbocycles. The summed E-state index contributed by atoms with van der Waals surface area (Å²) < 4.78 is 0. The first-order valence-corrected chi connectivity index (χ1v) is 7.45. The van der Waals surface area contributed by atoms with Crippen molar-refractivity contribution in [2.75, 3.05) is 6.54 Å². The van der Waals surface area contributed by atoms with Gasteiger partial charge in [-0.1, -0.05) is 13.8 Å². The molecule has 1 N–H and O–H groups in total. The summed E-state index contributed by atoms with van der Waals surface area (Å²) in [5.74, 6) is 0.802. The minimum absolute atomic E-state index is 0.475. The lowest BCUT2D eigenvalue weighted by atomic mass is 9.76. The lowest BCUT2D eigenvalue weighted by molar-refractivity contribution is -0.157. The van der Waals surface area contributed by atoms with Crippen molar-refractivity contribution in [1.29, 1.82) is 0 Å². The minimum Gasteiger partial charge on any atom is -0.480 e. The van der Waals surface area contributed by atoms with Crippen LogP contribution in [-0.4, -0.2) is 34.1 Å². The van der Waals surface area contributed by atoms with Gasteiger partial charge >= 0.3 is 5.97 Å². The van der Waals surface area contributed by atoms with Gasteiger partial charge in [-0.15, -0.1) is 0 Å². The second-order valence-corrected chi connectivity index (χ2v) is 6.69. The molecule has 0 aromatic heterocycles. The Balaban J connectivity index is 2.16. The molecule has 18 heavy (non-hydrogen) atoms. The van der Waals surface area contributed by atoms with E-state index in [9.17, 15) is 9.90 Å². The largest absolute Gasteiger partial charge is 0.480 e. The molecular formula is C15H27NO2. The highest BCUT2D eigenvalue weighted by Crippen LogP contribution is 2.38. The predicted octanol–water partition coefficient (Wildman–Crippen LogP) is 3.14. The molecule has 0 spiro atoms. The monoisotopic (exact) mass is 253 g/mol. The third-order valence-corrected chi connectivity index (χ3v) is 5.19. The standard InChI is InChI=1S/C15H27NO2/c1-11-6-7-13(12(2)10-11)16-9-5-4-8-15(16,3)14(17)18/h11-13H,4-10H2,1-3H3,(H,17,18). The van der Waals surface area contributed by atoms with Crippen LogP contribution in [-0.2, 0) is 4.79 Å². The van der Waals surface area contributed by atoms with E-state index in [1.807, 2.05) is 6.92 Å². The van der Waals surface area contributed by atoms with Gasteiger partial charge in [-0.3, -0.25) is 9.69 Å². The van der Waals surface area contributed by atoms with Crippen LogP contribution in [0.4, 0.5) is 0 Å². The van der Waals surface area contributed by atoms with Crippen molar-refractivity contribution in [2.24, 2.45) is 11.8 Å². The smallest absolute Gasteiger partial charge is 0.323 e. The number of piperidine rings is 1. The molecule has 0 radical (unpaired) electrons. The number of carboxylic acids is 1. The maximum absolute atomic E-state index is 11.7. The number of rotatable bonds is 2. The second kappa shape index (κ2) is 5.20. The lowest BCUT2D eigenvalue weighted by Gasteiger charge is -2.50. The number of nitrogens with zero attached hydrogens (tertiary/aromatic N) is 1. The van der Waals surface area contributed by atoms with Gasteiger partial charge in [-0.2, -0.15) is 0 Å². The van der Waals surface area contributed by atoms with Crippen LogP contribution in [0.5, 0.6) is 0 Å². The fraction of sp³-hybridized carbons (Fsp3) is 0.933. The molecule has 1 saturated carbocycles. The van der Waals surface area contributed by atoms with Crippen LogP contribution in [0.25, 0.3) is 0 Å². The number of hydrogen-bond donors (Lipinski definition) is 1. The van der Waals surface area contributed by atoms with Gasteiger partial charge in [0.2, 0.25) is 0 Å². The molecule has 2 aliphatic rings. The second-order valence-electron chi connectivity index (χ2n) is 6.69. The average molecular weight is 253 g/mol. The van der Waals surface area contributed by atoms with Crippen LogP contribution in [0.1, 0.15) is 59.3 Å². The van der Waals surface area contributed by atoms with Gasteiger partial charge in [0.05, 0.1) is 0 Å². The van der Waals surface area contributed by atoms with Crippen LogP contribution in [0.2, 0.25) is 0 Å². The van der Waals surface area contributed by atoms with Crippen molar-refractivity contribution in [2.45, 2.75) is 70.9 Å². The lowest BCUT2D eigenvalue weighted by Crippen LogP contribution is -2.61. The van der Waals surface area contributed by atoms with Gasteiger partial charge in [0, 0.05) is 6.04 Å². The minimum atomic E-state index is -0.631. The zero-order valence-electron chi connectivity index (χ0n) is 12.0. The highest BCUT2D eigenvalue weighted by molar-refractivity contribution is 5.78. The van der Waals surface area contributed by atoms with Gasteiger partial charge in [0.15, 0.2) is 0 Å². The number of aliphatic carboxylic acids is 1. The van der Waals surface area contributed by atoms with Gasteiger partial charge in [0.1, 0.15) is 5.54 Å². The normalized spacial score (nSPS) is 42.7. The molecule has 3 heteroatoms. The first-order valence-electron chi connectivity index (χ1n) is 7.45. The summed E-state index contributed by atoms with van der Waals surface area (Å²) in [5.41, 5.74) is -0.627. The Kier molecular flexibility index (Phi) is 4.00. The topological polar surface area (TPSA) is 40.5 Å². The Hall–Kier alpha value is -0.570. The number of carbonyl (C=O) groups is 1. The van der Waals surface area contributed by atoms with E-state index in [1.165, 1.54) is 19.3 Å². The summed E-state index contributed by atoms with van der Waals surface area (Å²) in [6.07, 6.45) is 6.68. The Morgan fingerprint density at radius 2 is 2.00 bits per heavy atom. The van der Waals surface area contributed by atoms with Crippen LogP contribution < -0.4 is 0 Å². The van der Waals surface area contributed by atoms with Crippen molar-refractivity contribution in [3.63, 3.8) is 0 Å². The van der Waals surface area contributed by atoms with E-state index >= 15 is 0 Å². The van der Waals surface area contributed by atoms with Gasteiger partial charge in [-0.05, 0) is 63.8 Å². The van der Waals surface area contributed by atoms with E-state index in [4.69, 9.17) is 0 Å². The molecule has 0 amide bonds. The highest BCUT2D eigenvalue weighted by Gasteiger charge is 2.46. The van der Waals surface area contributed by atoms with Gasteiger partial charge in [0.25, 0.3) is 0 Å². The number of carboxylic acid groups (broad SMARTS) is 1. The fourth-order valence-corrected chi connectivity index (χ4v) is 4.02. The predicted molar refractivity (Wildman–Crippen MR) is 72.6 cm³/mol. The summed E-state index contributed by atoms with van der Waals surface area (Å²) in [6, 6.07) is 0.475. The Morgan fingerprint density at radius 3 is 2.61 bits per heavy atom. The summed E-state index contributed by atoms with van der Waals surface area (Å²) in [7, 11) is 0. The molecule has 1 aliphatic carbocycles. The Labute approximate surface area is 111 Å². The molecule has 2 fully saturated rings. The molecule has 1 aliphatic heterocycles.